The van der Waals surface area contributed by atoms with Crippen molar-refractivity contribution in [2.75, 3.05) is 40.0 Å². The van der Waals surface area contributed by atoms with Crippen LogP contribution in [0.15, 0.2) is 41.7 Å². The quantitative estimate of drug-likeness (QED) is 0.825. The standard InChI is InChI=1S/C21H29N3O2.C2H6/c1-23(15-18-8-5-9-19-21(18)26-16-25-19)14-17-7-6-10-22-20(13-17)24-11-3-2-4-12-24;1-2/h5,7-9,13,22H,2-4,6,10-12,14-16H2,1H3;1-2H3. The lowest BCUT2D eigenvalue weighted by molar-refractivity contribution is 0.172. The largest absolute Gasteiger partial charge is 0.454 e. The third kappa shape index (κ3) is 5.22. The maximum atomic E-state index is 5.64. The molecule has 4 rings (SSSR count). The fourth-order valence-corrected chi connectivity index (χ4v) is 3.96. The summed E-state index contributed by atoms with van der Waals surface area (Å²) in [5, 5.41) is 3.62. The summed E-state index contributed by atoms with van der Waals surface area (Å²) in [6.45, 7) is 9.49. The van der Waals surface area contributed by atoms with Gasteiger partial charge in [0.2, 0.25) is 6.79 Å². The summed E-state index contributed by atoms with van der Waals surface area (Å²) in [6, 6.07) is 6.14. The molecule has 1 aromatic carbocycles. The Balaban J connectivity index is 0.00000109. The van der Waals surface area contributed by atoms with Crippen molar-refractivity contribution in [3.05, 3.63) is 47.3 Å². The first kappa shape index (κ1) is 20.6. The SMILES string of the molecule is CC.CN(CC1=CCCNC(N2CCCCC2)=C1)Cc1cccc2c1OCO2. The van der Waals surface area contributed by atoms with E-state index in [0.717, 1.165) is 37.6 Å². The summed E-state index contributed by atoms with van der Waals surface area (Å²) in [5.41, 5.74) is 2.58. The lowest BCUT2D eigenvalue weighted by atomic mass is 10.1. The summed E-state index contributed by atoms with van der Waals surface area (Å²) in [6.07, 6.45) is 9.77. The van der Waals surface area contributed by atoms with Gasteiger partial charge in [-0.15, -0.1) is 0 Å². The van der Waals surface area contributed by atoms with Crippen LogP contribution < -0.4 is 14.8 Å². The van der Waals surface area contributed by atoms with Gasteiger partial charge in [-0.1, -0.05) is 32.1 Å². The molecule has 0 bridgehead atoms. The Bertz CT molecular complexity index is 693. The monoisotopic (exact) mass is 385 g/mol. The van der Waals surface area contributed by atoms with Gasteiger partial charge in [0.1, 0.15) is 5.82 Å². The molecule has 1 fully saturated rings. The second-order valence-corrected chi connectivity index (χ2v) is 7.39. The molecule has 1 N–H and O–H groups in total. The molecule has 154 valence electrons. The average Bonchev–Trinajstić information content (AvgIpc) is 3.10. The van der Waals surface area contributed by atoms with Crippen LogP contribution in [0.5, 0.6) is 11.5 Å². The van der Waals surface area contributed by atoms with Gasteiger partial charge in [-0.2, -0.15) is 0 Å². The molecular weight excluding hydrogens is 350 g/mol. The van der Waals surface area contributed by atoms with Crippen LogP contribution in [0.25, 0.3) is 0 Å². The minimum atomic E-state index is 0.328. The Kier molecular flexibility index (Phi) is 7.66. The molecule has 3 heterocycles. The predicted octanol–water partition coefficient (Wildman–Crippen LogP) is 4.12. The first-order valence-electron chi connectivity index (χ1n) is 10.8. The van der Waals surface area contributed by atoms with Crippen LogP contribution in [-0.2, 0) is 6.54 Å². The zero-order valence-corrected chi connectivity index (χ0v) is 17.7. The first-order chi connectivity index (χ1) is 13.8. The van der Waals surface area contributed by atoms with Gasteiger partial charge in [0.05, 0.1) is 0 Å². The molecule has 3 aliphatic heterocycles. The highest BCUT2D eigenvalue weighted by atomic mass is 16.7. The number of likely N-dealkylation sites (tertiary alicyclic amines) is 1. The van der Waals surface area contributed by atoms with Crippen LogP contribution in [0.4, 0.5) is 0 Å². The maximum absolute atomic E-state index is 5.64. The second-order valence-electron chi connectivity index (χ2n) is 7.39. The molecule has 1 saturated heterocycles. The van der Waals surface area contributed by atoms with E-state index in [2.05, 4.69) is 40.4 Å². The number of rotatable bonds is 5. The number of ether oxygens (including phenoxy) is 2. The molecule has 0 aliphatic carbocycles. The zero-order chi connectivity index (χ0) is 19.8. The molecule has 0 unspecified atom stereocenters. The van der Waals surface area contributed by atoms with Crippen molar-refractivity contribution in [2.45, 2.75) is 46.1 Å². The lowest BCUT2D eigenvalue weighted by Crippen LogP contribution is -2.35. The molecule has 3 aliphatic rings. The van der Waals surface area contributed by atoms with Gasteiger partial charge in [0.25, 0.3) is 0 Å². The third-order valence-electron chi connectivity index (χ3n) is 5.25. The van der Waals surface area contributed by atoms with Crippen molar-refractivity contribution in [1.82, 2.24) is 15.1 Å². The number of piperidine rings is 1. The number of nitrogens with one attached hydrogen (secondary N) is 1. The number of nitrogens with zero attached hydrogens (tertiary/aromatic N) is 2. The van der Waals surface area contributed by atoms with Crippen LogP contribution in [0, 0.1) is 0 Å². The predicted molar refractivity (Wildman–Crippen MR) is 114 cm³/mol. The van der Waals surface area contributed by atoms with E-state index in [4.69, 9.17) is 9.47 Å². The second kappa shape index (κ2) is 10.4. The highest BCUT2D eigenvalue weighted by Gasteiger charge is 2.19. The molecule has 0 saturated carbocycles. The van der Waals surface area contributed by atoms with E-state index >= 15 is 0 Å². The third-order valence-corrected chi connectivity index (χ3v) is 5.25. The highest BCUT2D eigenvalue weighted by molar-refractivity contribution is 5.48. The summed E-state index contributed by atoms with van der Waals surface area (Å²) in [4.78, 5) is 4.86. The van der Waals surface area contributed by atoms with Gasteiger partial charge in [-0.3, -0.25) is 4.90 Å². The summed E-state index contributed by atoms with van der Waals surface area (Å²) >= 11 is 0. The van der Waals surface area contributed by atoms with Gasteiger partial charge in [0.15, 0.2) is 11.5 Å². The molecule has 0 aromatic heterocycles. The Morgan fingerprint density at radius 2 is 1.89 bits per heavy atom. The molecule has 5 nitrogen and oxygen atoms in total. The molecule has 5 heteroatoms. The average molecular weight is 386 g/mol. The number of benzene rings is 1. The Morgan fingerprint density at radius 1 is 1.07 bits per heavy atom. The van der Waals surface area contributed by atoms with E-state index < -0.39 is 0 Å². The fraction of sp³-hybridized carbons (Fsp3) is 0.565. The summed E-state index contributed by atoms with van der Waals surface area (Å²) in [7, 11) is 2.17. The number of fused-ring (bicyclic) bond motifs is 1. The molecule has 0 spiro atoms. The zero-order valence-electron chi connectivity index (χ0n) is 17.7. The summed E-state index contributed by atoms with van der Waals surface area (Å²) < 4.78 is 11.1. The van der Waals surface area contributed by atoms with Crippen molar-refractivity contribution in [1.29, 1.82) is 0 Å². The number of likely N-dealkylation sites (N-methyl/N-ethyl adjacent to an activating group) is 1. The fourth-order valence-electron chi connectivity index (χ4n) is 3.96. The van der Waals surface area contributed by atoms with Crippen LogP contribution in [0.1, 0.15) is 45.1 Å². The van der Waals surface area contributed by atoms with E-state index in [1.165, 1.54) is 49.3 Å². The molecule has 0 atom stereocenters. The minimum absolute atomic E-state index is 0.328. The van der Waals surface area contributed by atoms with E-state index in [0.29, 0.717) is 6.79 Å². The van der Waals surface area contributed by atoms with Crippen molar-refractivity contribution in [3.8, 4) is 11.5 Å². The molecule has 28 heavy (non-hydrogen) atoms. The van der Waals surface area contributed by atoms with Gasteiger partial charge in [-0.05, 0) is 50.4 Å². The Hall–Kier alpha value is -2.14. The number of hydrogen-bond acceptors (Lipinski definition) is 5. The van der Waals surface area contributed by atoms with Gasteiger partial charge < -0.3 is 19.7 Å². The van der Waals surface area contributed by atoms with Crippen molar-refractivity contribution in [3.63, 3.8) is 0 Å². The highest BCUT2D eigenvalue weighted by Crippen LogP contribution is 2.35. The van der Waals surface area contributed by atoms with Crippen molar-refractivity contribution in [2.24, 2.45) is 0 Å². The molecule has 0 amide bonds. The normalized spacial score (nSPS) is 18.5. The first-order valence-corrected chi connectivity index (χ1v) is 10.8. The van der Waals surface area contributed by atoms with Crippen LogP contribution in [-0.4, -0.2) is 49.8 Å². The smallest absolute Gasteiger partial charge is 0.231 e. The molecule has 1 aromatic rings. The van der Waals surface area contributed by atoms with E-state index in [-0.39, 0.29) is 0 Å². The van der Waals surface area contributed by atoms with Gasteiger partial charge >= 0.3 is 0 Å². The Morgan fingerprint density at radius 3 is 2.71 bits per heavy atom. The van der Waals surface area contributed by atoms with Gasteiger partial charge in [0, 0.05) is 38.3 Å². The van der Waals surface area contributed by atoms with E-state index in [9.17, 15) is 0 Å². The number of hydrogen-bond donors (Lipinski definition) is 1. The molecule has 0 radical (unpaired) electrons. The van der Waals surface area contributed by atoms with Crippen molar-refractivity contribution >= 4 is 0 Å². The van der Waals surface area contributed by atoms with Gasteiger partial charge in [-0.25, -0.2) is 0 Å². The summed E-state index contributed by atoms with van der Waals surface area (Å²) in [5.74, 6) is 3.07. The topological polar surface area (TPSA) is 37.0 Å². The van der Waals surface area contributed by atoms with Crippen LogP contribution in [0.3, 0.4) is 0 Å². The van der Waals surface area contributed by atoms with E-state index in [1.807, 2.05) is 26.0 Å². The Labute approximate surface area is 170 Å². The van der Waals surface area contributed by atoms with E-state index in [1.54, 1.807) is 0 Å². The molecular formula is C23H35N3O2. The lowest BCUT2D eigenvalue weighted by Gasteiger charge is -2.31. The maximum Gasteiger partial charge on any atom is 0.231 e. The minimum Gasteiger partial charge on any atom is -0.454 e. The van der Waals surface area contributed by atoms with Crippen LogP contribution in [0.2, 0.25) is 0 Å². The number of para-hydroxylation sites is 1. The van der Waals surface area contributed by atoms with Crippen LogP contribution >= 0.6 is 0 Å². The van der Waals surface area contributed by atoms with Crippen molar-refractivity contribution < 1.29 is 9.47 Å².